The predicted octanol–water partition coefficient (Wildman–Crippen LogP) is 3.55. The minimum Gasteiger partial charge on any atom is -0.466 e. The molecule has 0 aliphatic carbocycles. The van der Waals surface area contributed by atoms with E-state index in [1.165, 1.54) is 6.07 Å². The third-order valence-corrected chi connectivity index (χ3v) is 2.95. The first kappa shape index (κ1) is 17.1. The molecule has 0 saturated carbocycles. The molecular weight excluding hydrogens is 275 g/mol. The predicted molar refractivity (Wildman–Crippen MR) is 76.0 cm³/mol. The van der Waals surface area contributed by atoms with Crippen molar-refractivity contribution in [1.29, 1.82) is 0 Å². The zero-order valence-electron chi connectivity index (χ0n) is 12.4. The maximum atomic E-state index is 13.5. The zero-order chi connectivity index (χ0) is 15.7. The molecule has 4 nitrogen and oxygen atoms in total. The van der Waals surface area contributed by atoms with Crippen molar-refractivity contribution in [2.75, 3.05) is 6.61 Å². The van der Waals surface area contributed by atoms with Gasteiger partial charge in [0.25, 0.3) is 0 Å². The van der Waals surface area contributed by atoms with Crippen molar-refractivity contribution in [3.63, 3.8) is 0 Å². The van der Waals surface area contributed by atoms with Gasteiger partial charge in [-0.05, 0) is 19.4 Å². The van der Waals surface area contributed by atoms with Gasteiger partial charge in [-0.3, -0.25) is 9.59 Å². The second kappa shape index (κ2) is 9.10. The average Bonchev–Trinajstić information content (AvgIpc) is 2.46. The molecular formula is C16H21FO4. The van der Waals surface area contributed by atoms with Crippen LogP contribution in [0.25, 0.3) is 0 Å². The van der Waals surface area contributed by atoms with Crippen LogP contribution in [0, 0.1) is 5.82 Å². The lowest BCUT2D eigenvalue weighted by Crippen LogP contribution is -2.13. The van der Waals surface area contributed by atoms with Gasteiger partial charge in [0.05, 0.1) is 19.4 Å². The van der Waals surface area contributed by atoms with Crippen LogP contribution >= 0.6 is 0 Å². The molecule has 1 unspecified atom stereocenters. The van der Waals surface area contributed by atoms with E-state index in [-0.39, 0.29) is 12.8 Å². The molecule has 0 fully saturated rings. The monoisotopic (exact) mass is 296 g/mol. The van der Waals surface area contributed by atoms with Crippen LogP contribution in [0.1, 0.15) is 51.2 Å². The van der Waals surface area contributed by atoms with Gasteiger partial charge in [-0.15, -0.1) is 0 Å². The number of hydrogen-bond acceptors (Lipinski definition) is 4. The number of rotatable bonds is 8. The fourth-order valence-electron chi connectivity index (χ4n) is 1.73. The Morgan fingerprint density at radius 3 is 2.52 bits per heavy atom. The van der Waals surface area contributed by atoms with Gasteiger partial charge in [0, 0.05) is 5.56 Å². The molecule has 1 aromatic rings. The smallest absolute Gasteiger partial charge is 0.306 e. The van der Waals surface area contributed by atoms with Crippen molar-refractivity contribution < 1.29 is 23.5 Å². The number of benzene rings is 1. The summed E-state index contributed by atoms with van der Waals surface area (Å²) in [7, 11) is 0. The molecule has 0 heterocycles. The van der Waals surface area contributed by atoms with Crippen molar-refractivity contribution in [1.82, 2.24) is 0 Å². The number of ether oxygens (including phenoxy) is 2. The molecule has 21 heavy (non-hydrogen) atoms. The van der Waals surface area contributed by atoms with E-state index >= 15 is 0 Å². The van der Waals surface area contributed by atoms with E-state index in [1.54, 1.807) is 25.1 Å². The molecule has 1 aromatic carbocycles. The van der Waals surface area contributed by atoms with Gasteiger partial charge in [-0.25, -0.2) is 4.39 Å². The molecule has 0 amide bonds. The van der Waals surface area contributed by atoms with E-state index < -0.39 is 23.9 Å². The number of hydrogen-bond donors (Lipinski definition) is 0. The lowest BCUT2D eigenvalue weighted by Gasteiger charge is -2.14. The Bertz CT molecular complexity index is 473. The molecule has 0 aromatic heterocycles. The molecule has 0 N–H and O–H groups in total. The Morgan fingerprint density at radius 2 is 1.86 bits per heavy atom. The van der Waals surface area contributed by atoms with E-state index in [0.717, 1.165) is 12.8 Å². The molecule has 0 aliphatic rings. The first-order chi connectivity index (χ1) is 10.0. The molecule has 0 bridgehead atoms. The van der Waals surface area contributed by atoms with E-state index in [0.29, 0.717) is 12.2 Å². The number of carbonyl (C=O) groups is 2. The van der Waals surface area contributed by atoms with E-state index in [9.17, 15) is 14.0 Å². The minimum atomic E-state index is -0.685. The molecule has 5 heteroatoms. The van der Waals surface area contributed by atoms with Crippen molar-refractivity contribution in [3.05, 3.63) is 35.6 Å². The van der Waals surface area contributed by atoms with Crippen LogP contribution in [-0.2, 0) is 19.1 Å². The summed E-state index contributed by atoms with van der Waals surface area (Å²) < 4.78 is 23.6. The standard InChI is InChI=1S/C16H21FO4/c1-3-4-11-20-15(18)9-10-16(19)21-12(2)13-7-5-6-8-14(13)17/h5-8,12H,3-4,9-11H2,1-2H3. The molecule has 1 rings (SSSR count). The number of esters is 2. The summed E-state index contributed by atoms with van der Waals surface area (Å²) in [6.07, 6.45) is 0.974. The topological polar surface area (TPSA) is 52.6 Å². The Hall–Kier alpha value is -1.91. The van der Waals surface area contributed by atoms with E-state index in [1.807, 2.05) is 6.92 Å². The number of carbonyl (C=O) groups excluding carboxylic acids is 2. The van der Waals surface area contributed by atoms with Crippen LogP contribution < -0.4 is 0 Å². The molecule has 1 atom stereocenters. The number of unbranched alkanes of at least 4 members (excludes halogenated alkanes) is 1. The Labute approximate surface area is 124 Å². The Balaban J connectivity index is 2.33. The van der Waals surface area contributed by atoms with Crippen LogP contribution in [0.4, 0.5) is 4.39 Å². The first-order valence-corrected chi connectivity index (χ1v) is 7.14. The van der Waals surface area contributed by atoms with Crippen molar-refractivity contribution in [3.8, 4) is 0 Å². The van der Waals surface area contributed by atoms with Gasteiger partial charge in [0.2, 0.25) is 0 Å². The van der Waals surface area contributed by atoms with Gasteiger partial charge < -0.3 is 9.47 Å². The highest BCUT2D eigenvalue weighted by Crippen LogP contribution is 2.20. The van der Waals surface area contributed by atoms with E-state index in [2.05, 4.69) is 0 Å². The fraction of sp³-hybridized carbons (Fsp3) is 0.500. The minimum absolute atomic E-state index is 0.0213. The lowest BCUT2D eigenvalue weighted by molar-refractivity contribution is -0.153. The maximum Gasteiger partial charge on any atom is 0.306 e. The third-order valence-electron chi connectivity index (χ3n) is 2.95. The molecule has 116 valence electrons. The molecule has 0 aliphatic heterocycles. The third kappa shape index (κ3) is 6.38. The van der Waals surface area contributed by atoms with Crippen LogP contribution in [0.5, 0.6) is 0 Å². The molecule has 0 saturated heterocycles. The van der Waals surface area contributed by atoms with Crippen LogP contribution in [0.15, 0.2) is 24.3 Å². The quantitative estimate of drug-likeness (QED) is 0.544. The largest absolute Gasteiger partial charge is 0.466 e. The molecule has 0 spiro atoms. The van der Waals surface area contributed by atoms with Gasteiger partial charge >= 0.3 is 11.9 Å². The summed E-state index contributed by atoms with van der Waals surface area (Å²) in [6, 6.07) is 6.12. The van der Waals surface area contributed by atoms with Crippen molar-refractivity contribution in [2.45, 2.75) is 45.6 Å². The van der Waals surface area contributed by atoms with E-state index in [4.69, 9.17) is 9.47 Å². The van der Waals surface area contributed by atoms with Crippen molar-refractivity contribution >= 4 is 11.9 Å². The van der Waals surface area contributed by atoms with Crippen LogP contribution in [-0.4, -0.2) is 18.5 Å². The summed E-state index contributed by atoms with van der Waals surface area (Å²) in [6.45, 7) is 3.96. The highest BCUT2D eigenvalue weighted by Gasteiger charge is 2.16. The Morgan fingerprint density at radius 1 is 1.19 bits per heavy atom. The SMILES string of the molecule is CCCCOC(=O)CCC(=O)OC(C)c1ccccc1F. The second-order valence-electron chi connectivity index (χ2n) is 4.73. The summed E-state index contributed by atoms with van der Waals surface area (Å²) in [5, 5.41) is 0. The lowest BCUT2D eigenvalue weighted by atomic mass is 10.1. The second-order valence-corrected chi connectivity index (χ2v) is 4.73. The Kier molecular flexibility index (Phi) is 7.43. The summed E-state index contributed by atoms with van der Waals surface area (Å²) >= 11 is 0. The van der Waals surface area contributed by atoms with Gasteiger partial charge in [-0.1, -0.05) is 31.5 Å². The normalized spacial score (nSPS) is 11.8. The van der Waals surface area contributed by atoms with Crippen LogP contribution in [0.2, 0.25) is 0 Å². The summed E-state index contributed by atoms with van der Waals surface area (Å²) in [5.41, 5.74) is 0.316. The maximum absolute atomic E-state index is 13.5. The zero-order valence-corrected chi connectivity index (χ0v) is 12.4. The molecule has 0 radical (unpaired) electrons. The van der Waals surface area contributed by atoms with Crippen molar-refractivity contribution in [2.24, 2.45) is 0 Å². The first-order valence-electron chi connectivity index (χ1n) is 7.14. The average molecular weight is 296 g/mol. The summed E-state index contributed by atoms with van der Waals surface area (Å²) in [5.74, 6) is -1.38. The van der Waals surface area contributed by atoms with Gasteiger partial charge in [0.1, 0.15) is 11.9 Å². The van der Waals surface area contributed by atoms with Gasteiger partial charge in [-0.2, -0.15) is 0 Å². The summed E-state index contributed by atoms with van der Waals surface area (Å²) in [4.78, 5) is 23.0. The highest BCUT2D eigenvalue weighted by atomic mass is 19.1. The highest BCUT2D eigenvalue weighted by molar-refractivity contribution is 5.77. The number of halogens is 1. The fourth-order valence-corrected chi connectivity index (χ4v) is 1.73. The van der Waals surface area contributed by atoms with Crippen LogP contribution in [0.3, 0.4) is 0 Å². The van der Waals surface area contributed by atoms with Gasteiger partial charge in [0.15, 0.2) is 0 Å².